The molecule has 0 N–H and O–H groups in total. The summed E-state index contributed by atoms with van der Waals surface area (Å²) in [6, 6.07) is 2.99. The molecule has 0 fully saturated rings. The van der Waals surface area contributed by atoms with Crippen molar-refractivity contribution in [3.63, 3.8) is 0 Å². The molecule has 82 valence electrons. The molecule has 1 atom stereocenters. The Morgan fingerprint density at radius 2 is 2.19 bits per heavy atom. The maximum absolute atomic E-state index is 13.7. The zero-order valence-electron chi connectivity index (χ0n) is 8.73. The van der Waals surface area contributed by atoms with Gasteiger partial charge in [0.2, 0.25) is 0 Å². The first-order chi connectivity index (χ1) is 7.52. The Kier molecular flexibility index (Phi) is 4.49. The van der Waals surface area contributed by atoms with Crippen LogP contribution >= 0.6 is 15.9 Å². The Morgan fingerprint density at radius 1 is 1.56 bits per heavy atom. The average Bonchev–Trinajstić information content (AvgIpc) is 2.25. The molecule has 2 radical (unpaired) electrons. The lowest BCUT2D eigenvalue weighted by Crippen LogP contribution is -2.17. The van der Waals surface area contributed by atoms with Crippen molar-refractivity contribution in [3.05, 3.63) is 27.7 Å². The first-order valence-electron chi connectivity index (χ1n) is 4.85. The second-order valence-electron chi connectivity index (χ2n) is 3.45. The fourth-order valence-corrected chi connectivity index (χ4v) is 1.88. The van der Waals surface area contributed by atoms with Gasteiger partial charge in [-0.25, -0.2) is 8.78 Å². The summed E-state index contributed by atoms with van der Waals surface area (Å²) in [5.41, 5.74) is -0.391. The van der Waals surface area contributed by atoms with Gasteiger partial charge in [0.25, 0.3) is 0 Å². The Hall–Kier alpha value is -0.885. The van der Waals surface area contributed by atoms with E-state index in [9.17, 15) is 8.78 Å². The molecule has 1 aromatic rings. The molecule has 0 saturated carbocycles. The van der Waals surface area contributed by atoms with Gasteiger partial charge >= 0.3 is 0 Å². The third-order valence-corrected chi connectivity index (χ3v) is 2.98. The molecule has 0 aromatic heterocycles. The normalized spacial score (nSPS) is 12.2. The molecule has 1 aromatic carbocycles. The van der Waals surface area contributed by atoms with E-state index in [1.165, 1.54) is 0 Å². The molecular formula is C11H9BBrF2N. The summed E-state index contributed by atoms with van der Waals surface area (Å²) >= 11 is 2.95. The van der Waals surface area contributed by atoms with E-state index in [1.807, 2.05) is 13.0 Å². The van der Waals surface area contributed by atoms with Crippen molar-refractivity contribution in [1.29, 1.82) is 5.26 Å². The summed E-state index contributed by atoms with van der Waals surface area (Å²) < 4.78 is 27.5. The van der Waals surface area contributed by atoms with Gasteiger partial charge in [0.15, 0.2) is 0 Å². The number of rotatable bonds is 3. The van der Waals surface area contributed by atoms with Crippen LogP contribution in [0, 0.1) is 23.0 Å². The highest BCUT2D eigenvalue weighted by molar-refractivity contribution is 9.10. The fraction of sp³-hybridized carbons (Fsp3) is 0.364. The lowest BCUT2D eigenvalue weighted by atomic mass is 9.87. The highest BCUT2D eigenvalue weighted by Crippen LogP contribution is 2.27. The minimum atomic E-state index is -0.841. The van der Waals surface area contributed by atoms with Crippen LogP contribution in [0.25, 0.3) is 0 Å². The van der Waals surface area contributed by atoms with Crippen molar-refractivity contribution < 1.29 is 8.78 Å². The van der Waals surface area contributed by atoms with E-state index in [4.69, 9.17) is 13.1 Å². The van der Waals surface area contributed by atoms with E-state index in [0.29, 0.717) is 12.8 Å². The second kappa shape index (κ2) is 5.45. The first kappa shape index (κ1) is 13.2. The lowest BCUT2D eigenvalue weighted by molar-refractivity contribution is 0.539. The van der Waals surface area contributed by atoms with Crippen LogP contribution in [-0.2, 0) is 0 Å². The van der Waals surface area contributed by atoms with Crippen LogP contribution in [0.15, 0.2) is 10.5 Å². The Balaban J connectivity index is 3.33. The summed E-state index contributed by atoms with van der Waals surface area (Å²) in [5.74, 6) is -2.37. The summed E-state index contributed by atoms with van der Waals surface area (Å²) in [5, 5.41) is 8.88. The van der Waals surface area contributed by atoms with Crippen LogP contribution in [-0.4, -0.2) is 7.85 Å². The quantitative estimate of drug-likeness (QED) is 0.783. The zero-order valence-corrected chi connectivity index (χ0v) is 10.3. The van der Waals surface area contributed by atoms with E-state index in [1.54, 1.807) is 0 Å². The number of nitriles is 1. The minimum Gasteiger partial charge on any atom is -0.207 e. The highest BCUT2D eigenvalue weighted by Gasteiger charge is 2.22. The van der Waals surface area contributed by atoms with Gasteiger partial charge in [-0.15, -0.1) is 0 Å². The smallest absolute Gasteiger partial charge is 0.131 e. The molecule has 0 amide bonds. The molecule has 0 heterocycles. The Labute approximate surface area is 103 Å². The van der Waals surface area contributed by atoms with Crippen LogP contribution in [0.3, 0.4) is 0 Å². The highest BCUT2D eigenvalue weighted by atomic mass is 79.9. The zero-order chi connectivity index (χ0) is 12.3. The third-order valence-electron chi connectivity index (χ3n) is 2.32. The van der Waals surface area contributed by atoms with Crippen LogP contribution < -0.4 is 5.46 Å². The van der Waals surface area contributed by atoms with Gasteiger partial charge in [0.1, 0.15) is 19.5 Å². The summed E-state index contributed by atoms with van der Waals surface area (Å²) in [6.45, 7) is 1.85. The molecule has 0 saturated heterocycles. The number of hydrogen-bond acceptors (Lipinski definition) is 1. The molecule has 0 bridgehead atoms. The SMILES string of the molecule is [B]c1c(Br)cc(F)c(C(C#N)CCC)c1F. The molecule has 1 nitrogen and oxygen atoms in total. The lowest BCUT2D eigenvalue weighted by Gasteiger charge is -2.13. The summed E-state index contributed by atoms with van der Waals surface area (Å²) in [6.07, 6.45) is 1.08. The monoisotopic (exact) mass is 283 g/mol. The van der Waals surface area contributed by atoms with Crippen LogP contribution in [0.1, 0.15) is 31.2 Å². The van der Waals surface area contributed by atoms with E-state index in [-0.39, 0.29) is 15.5 Å². The van der Waals surface area contributed by atoms with Crippen molar-refractivity contribution >= 4 is 29.2 Å². The van der Waals surface area contributed by atoms with Crippen molar-refractivity contribution in [2.45, 2.75) is 25.7 Å². The largest absolute Gasteiger partial charge is 0.207 e. The van der Waals surface area contributed by atoms with Crippen molar-refractivity contribution in [2.75, 3.05) is 0 Å². The second-order valence-corrected chi connectivity index (χ2v) is 4.31. The van der Waals surface area contributed by atoms with Crippen molar-refractivity contribution in [3.8, 4) is 6.07 Å². The van der Waals surface area contributed by atoms with Crippen molar-refractivity contribution in [1.82, 2.24) is 0 Å². The average molecular weight is 284 g/mol. The van der Waals surface area contributed by atoms with E-state index in [2.05, 4.69) is 15.9 Å². The molecule has 1 rings (SSSR count). The maximum Gasteiger partial charge on any atom is 0.131 e. The van der Waals surface area contributed by atoms with Gasteiger partial charge in [-0.05, 0) is 17.9 Å². The molecule has 0 aliphatic heterocycles. The number of nitrogens with zero attached hydrogens (tertiary/aromatic N) is 1. The van der Waals surface area contributed by atoms with E-state index < -0.39 is 17.6 Å². The molecule has 5 heteroatoms. The van der Waals surface area contributed by atoms with Gasteiger partial charge in [-0.3, -0.25) is 0 Å². The van der Waals surface area contributed by atoms with Gasteiger partial charge < -0.3 is 0 Å². The third kappa shape index (κ3) is 2.44. The number of hydrogen-bond donors (Lipinski definition) is 0. The molecule has 0 aliphatic rings. The van der Waals surface area contributed by atoms with Gasteiger partial charge in [0, 0.05) is 10.0 Å². The van der Waals surface area contributed by atoms with Gasteiger partial charge in [0.05, 0.1) is 12.0 Å². The van der Waals surface area contributed by atoms with E-state index >= 15 is 0 Å². The Morgan fingerprint density at radius 3 is 2.69 bits per heavy atom. The topological polar surface area (TPSA) is 23.8 Å². The number of halogens is 3. The molecule has 0 spiro atoms. The molecule has 16 heavy (non-hydrogen) atoms. The Bertz CT molecular complexity index is 443. The predicted molar refractivity (Wildman–Crippen MR) is 62.7 cm³/mol. The summed E-state index contributed by atoms with van der Waals surface area (Å²) in [7, 11) is 5.44. The van der Waals surface area contributed by atoms with E-state index in [0.717, 1.165) is 6.07 Å². The first-order valence-corrected chi connectivity index (χ1v) is 5.64. The van der Waals surface area contributed by atoms with Gasteiger partial charge in [-0.2, -0.15) is 5.26 Å². The van der Waals surface area contributed by atoms with Crippen LogP contribution in [0.2, 0.25) is 0 Å². The van der Waals surface area contributed by atoms with Gasteiger partial charge in [-0.1, -0.05) is 29.3 Å². The summed E-state index contributed by atoms with van der Waals surface area (Å²) in [4.78, 5) is 0. The number of benzene rings is 1. The minimum absolute atomic E-state index is 0.159. The molecule has 1 unspecified atom stereocenters. The molecule has 0 aliphatic carbocycles. The van der Waals surface area contributed by atoms with Crippen LogP contribution in [0.5, 0.6) is 0 Å². The predicted octanol–water partition coefficient (Wildman–Crippen LogP) is 2.93. The van der Waals surface area contributed by atoms with Crippen molar-refractivity contribution in [2.24, 2.45) is 0 Å². The fourth-order valence-electron chi connectivity index (χ4n) is 1.50. The standard InChI is InChI=1S/C11H9BBrF2N/c1-2-3-6(5-16)9-8(14)4-7(13)10(12)11(9)15/h4,6H,2-3H2,1H3. The maximum atomic E-state index is 13.7. The molecular weight excluding hydrogens is 275 g/mol. The van der Waals surface area contributed by atoms with Crippen LogP contribution in [0.4, 0.5) is 8.78 Å².